The predicted octanol–water partition coefficient (Wildman–Crippen LogP) is 4.45. The molecule has 1 aliphatic heterocycles. The molecule has 0 spiro atoms. The fraction of sp³-hybridized carbons (Fsp3) is 0.238. The maximum Gasteiger partial charge on any atom is 0.0246 e. The normalized spacial score (nSPS) is 17.3. The van der Waals surface area contributed by atoms with Gasteiger partial charge in [-0.05, 0) is 54.3 Å². The van der Waals surface area contributed by atoms with Crippen LogP contribution in [0, 0.1) is 13.8 Å². The van der Waals surface area contributed by atoms with Crippen molar-refractivity contribution >= 4 is 11.1 Å². The zero-order valence-electron chi connectivity index (χ0n) is 13.5. The van der Waals surface area contributed by atoms with Crippen molar-refractivity contribution < 1.29 is 0 Å². The van der Waals surface area contributed by atoms with Crippen LogP contribution in [-0.4, -0.2) is 25.0 Å². The van der Waals surface area contributed by atoms with Gasteiger partial charge in [-0.15, -0.1) is 0 Å². The summed E-state index contributed by atoms with van der Waals surface area (Å²) in [5.41, 5.74) is 11.2. The van der Waals surface area contributed by atoms with Crippen LogP contribution in [0.2, 0.25) is 0 Å². The standard InChI is InChI=1S/C21H21N/c1-14-4-7-16(8-5-14)21-19-12-15(2)6-9-17(19)18-10-11-22(3)13-20(18)21/h4-10,12H,11,13H2,1-3H3. The molecule has 1 heterocycles. The van der Waals surface area contributed by atoms with Gasteiger partial charge < -0.3 is 0 Å². The summed E-state index contributed by atoms with van der Waals surface area (Å²) in [5.74, 6) is 0. The lowest BCUT2D eigenvalue weighted by Gasteiger charge is -2.23. The van der Waals surface area contributed by atoms with Crippen LogP contribution in [0.5, 0.6) is 0 Å². The number of aryl methyl sites for hydroxylation is 2. The largest absolute Gasteiger partial charge is 0.298 e. The number of benzene rings is 2. The van der Waals surface area contributed by atoms with E-state index in [1.165, 1.54) is 44.5 Å². The van der Waals surface area contributed by atoms with Crippen LogP contribution in [0.25, 0.3) is 11.1 Å². The van der Waals surface area contributed by atoms with Gasteiger partial charge in [-0.25, -0.2) is 0 Å². The van der Waals surface area contributed by atoms with Crippen molar-refractivity contribution in [3.63, 3.8) is 0 Å². The Morgan fingerprint density at radius 1 is 0.864 bits per heavy atom. The molecule has 2 aromatic carbocycles. The third-order valence-electron chi connectivity index (χ3n) is 4.74. The molecule has 1 nitrogen and oxygen atoms in total. The van der Waals surface area contributed by atoms with Crippen LogP contribution >= 0.6 is 0 Å². The Bertz CT molecular complexity index is 806. The Balaban J connectivity index is 1.99. The fourth-order valence-electron chi connectivity index (χ4n) is 3.59. The Morgan fingerprint density at radius 3 is 2.36 bits per heavy atom. The molecule has 0 bridgehead atoms. The summed E-state index contributed by atoms with van der Waals surface area (Å²) in [6.45, 7) is 6.39. The molecule has 0 saturated heterocycles. The van der Waals surface area contributed by atoms with Crippen LogP contribution in [0.15, 0.2) is 54.1 Å². The Morgan fingerprint density at radius 2 is 1.59 bits per heavy atom. The number of nitrogens with zero attached hydrogens (tertiary/aromatic N) is 1. The second-order valence-corrected chi connectivity index (χ2v) is 6.58. The molecular formula is C21H21N. The van der Waals surface area contributed by atoms with Gasteiger partial charge in [0, 0.05) is 13.1 Å². The monoisotopic (exact) mass is 287 g/mol. The van der Waals surface area contributed by atoms with E-state index >= 15 is 0 Å². The zero-order chi connectivity index (χ0) is 15.3. The highest BCUT2D eigenvalue weighted by Crippen LogP contribution is 2.46. The first-order valence-corrected chi connectivity index (χ1v) is 7.94. The summed E-state index contributed by atoms with van der Waals surface area (Å²) < 4.78 is 0. The molecule has 0 saturated carbocycles. The minimum Gasteiger partial charge on any atom is -0.298 e. The average Bonchev–Trinajstić information content (AvgIpc) is 2.80. The minimum atomic E-state index is 1.03. The molecule has 0 amide bonds. The summed E-state index contributed by atoms with van der Waals surface area (Å²) in [6, 6.07) is 15.8. The second-order valence-electron chi connectivity index (χ2n) is 6.58. The van der Waals surface area contributed by atoms with Crippen molar-refractivity contribution in [1.29, 1.82) is 0 Å². The van der Waals surface area contributed by atoms with E-state index in [4.69, 9.17) is 0 Å². The first kappa shape index (κ1) is 13.5. The lowest BCUT2D eigenvalue weighted by Crippen LogP contribution is -2.25. The quantitative estimate of drug-likeness (QED) is 0.749. The Kier molecular flexibility index (Phi) is 3.05. The van der Waals surface area contributed by atoms with Crippen LogP contribution in [-0.2, 0) is 0 Å². The minimum absolute atomic E-state index is 1.03. The molecule has 0 aromatic heterocycles. The summed E-state index contributed by atoms with van der Waals surface area (Å²) in [5, 5.41) is 0. The van der Waals surface area contributed by atoms with Gasteiger partial charge in [0.15, 0.2) is 0 Å². The second kappa shape index (κ2) is 4.96. The zero-order valence-corrected chi connectivity index (χ0v) is 13.5. The van der Waals surface area contributed by atoms with Gasteiger partial charge in [0.25, 0.3) is 0 Å². The van der Waals surface area contributed by atoms with Crippen molar-refractivity contribution in [1.82, 2.24) is 4.90 Å². The first-order chi connectivity index (χ1) is 10.6. The van der Waals surface area contributed by atoms with Crippen molar-refractivity contribution in [3.8, 4) is 0 Å². The molecule has 4 rings (SSSR count). The maximum absolute atomic E-state index is 2.38. The Hall–Kier alpha value is -2.12. The Labute approximate surface area is 132 Å². The summed E-state index contributed by atoms with van der Waals surface area (Å²) >= 11 is 0. The highest BCUT2D eigenvalue weighted by molar-refractivity contribution is 6.05. The van der Waals surface area contributed by atoms with E-state index in [1.807, 2.05) is 0 Å². The van der Waals surface area contributed by atoms with E-state index in [0.29, 0.717) is 0 Å². The average molecular weight is 287 g/mol. The number of fused-ring (bicyclic) bond motifs is 3. The molecule has 1 aliphatic carbocycles. The summed E-state index contributed by atoms with van der Waals surface area (Å²) in [7, 11) is 2.20. The topological polar surface area (TPSA) is 3.24 Å². The smallest absolute Gasteiger partial charge is 0.0246 e. The predicted molar refractivity (Wildman–Crippen MR) is 93.9 cm³/mol. The molecule has 2 aliphatic rings. The van der Waals surface area contributed by atoms with Crippen molar-refractivity contribution in [2.75, 3.05) is 20.1 Å². The van der Waals surface area contributed by atoms with Gasteiger partial charge in [-0.2, -0.15) is 0 Å². The number of likely N-dealkylation sites (N-methyl/N-ethyl adjacent to an activating group) is 1. The van der Waals surface area contributed by atoms with Gasteiger partial charge >= 0.3 is 0 Å². The van der Waals surface area contributed by atoms with Crippen molar-refractivity contribution in [2.45, 2.75) is 13.8 Å². The van der Waals surface area contributed by atoms with E-state index in [2.05, 4.69) is 74.3 Å². The molecule has 1 heteroatoms. The van der Waals surface area contributed by atoms with Crippen LogP contribution in [0.3, 0.4) is 0 Å². The molecule has 0 unspecified atom stereocenters. The molecule has 0 fully saturated rings. The highest BCUT2D eigenvalue weighted by atomic mass is 15.1. The van der Waals surface area contributed by atoms with E-state index in [0.717, 1.165) is 13.1 Å². The lowest BCUT2D eigenvalue weighted by molar-refractivity contribution is 0.401. The van der Waals surface area contributed by atoms with Gasteiger partial charge in [-0.1, -0.05) is 59.7 Å². The molecule has 2 aromatic rings. The maximum atomic E-state index is 2.38. The van der Waals surface area contributed by atoms with E-state index in [9.17, 15) is 0 Å². The third-order valence-corrected chi connectivity index (χ3v) is 4.74. The number of rotatable bonds is 1. The molecule has 0 radical (unpaired) electrons. The molecule has 0 N–H and O–H groups in total. The first-order valence-electron chi connectivity index (χ1n) is 7.94. The van der Waals surface area contributed by atoms with Crippen LogP contribution < -0.4 is 0 Å². The van der Waals surface area contributed by atoms with Gasteiger partial charge in [-0.3, -0.25) is 4.90 Å². The van der Waals surface area contributed by atoms with Crippen LogP contribution in [0.4, 0.5) is 0 Å². The molecule has 22 heavy (non-hydrogen) atoms. The van der Waals surface area contributed by atoms with Crippen molar-refractivity contribution in [3.05, 3.63) is 81.9 Å². The number of hydrogen-bond donors (Lipinski definition) is 0. The molecule has 110 valence electrons. The van der Waals surface area contributed by atoms with E-state index in [-0.39, 0.29) is 0 Å². The van der Waals surface area contributed by atoms with Crippen molar-refractivity contribution in [2.24, 2.45) is 0 Å². The molecular weight excluding hydrogens is 266 g/mol. The van der Waals surface area contributed by atoms with Gasteiger partial charge in [0.05, 0.1) is 0 Å². The third kappa shape index (κ3) is 2.05. The van der Waals surface area contributed by atoms with E-state index < -0.39 is 0 Å². The van der Waals surface area contributed by atoms with Gasteiger partial charge in [0.1, 0.15) is 0 Å². The fourth-order valence-corrected chi connectivity index (χ4v) is 3.59. The summed E-state index contributed by atoms with van der Waals surface area (Å²) in [4.78, 5) is 2.38. The van der Waals surface area contributed by atoms with E-state index in [1.54, 1.807) is 0 Å². The van der Waals surface area contributed by atoms with Gasteiger partial charge in [0.2, 0.25) is 0 Å². The van der Waals surface area contributed by atoms with Crippen LogP contribution in [0.1, 0.15) is 27.8 Å². The molecule has 0 atom stereocenters. The lowest BCUT2D eigenvalue weighted by atomic mass is 9.95. The number of hydrogen-bond acceptors (Lipinski definition) is 1. The SMILES string of the molecule is Cc1ccc(C2=C3CN(C)CC=C3c3ccc(C)cc32)cc1. The summed E-state index contributed by atoms with van der Waals surface area (Å²) in [6.07, 6.45) is 2.38. The highest BCUT2D eigenvalue weighted by Gasteiger charge is 2.29.